The second kappa shape index (κ2) is 53.8. The Bertz CT molecular complexity index is 1450. The van der Waals surface area contributed by atoms with Crippen molar-refractivity contribution in [2.75, 3.05) is 47.5 Å². The molecule has 0 aromatic rings. The lowest BCUT2D eigenvalue weighted by Gasteiger charge is -2.26. The summed E-state index contributed by atoms with van der Waals surface area (Å²) in [4.78, 5) is 37.1. The summed E-state index contributed by atoms with van der Waals surface area (Å²) in [6.45, 7) is 4.62. The van der Waals surface area contributed by atoms with E-state index < -0.39 is 24.3 Å². The summed E-state index contributed by atoms with van der Waals surface area (Å²) in [5.41, 5.74) is 0. The van der Waals surface area contributed by atoms with Crippen LogP contribution < -0.4 is 5.11 Å². The number of esters is 2. The quantitative estimate of drug-likeness (QED) is 0.0195. The molecule has 2 unspecified atom stereocenters. The molecular weight excluding hydrogens is 899 g/mol. The maximum absolute atomic E-state index is 12.8. The van der Waals surface area contributed by atoms with Crippen molar-refractivity contribution in [2.45, 2.75) is 251 Å². The van der Waals surface area contributed by atoms with Crippen molar-refractivity contribution in [2.24, 2.45) is 0 Å². The monoisotopic (exact) mass is 1010 g/mol. The number of hydrogen-bond acceptors (Lipinski definition) is 8. The molecule has 0 bridgehead atoms. The van der Waals surface area contributed by atoms with Crippen LogP contribution in [0.3, 0.4) is 0 Å². The van der Waals surface area contributed by atoms with Gasteiger partial charge in [-0.2, -0.15) is 0 Å². The second-order valence-electron chi connectivity index (χ2n) is 20.6. The van der Waals surface area contributed by atoms with E-state index in [4.69, 9.17) is 18.9 Å². The second-order valence-corrected chi connectivity index (χ2v) is 20.6. The minimum atomic E-state index is -1.62. The first-order valence-electron chi connectivity index (χ1n) is 29.2. The molecule has 2 atom stereocenters. The summed E-state index contributed by atoms with van der Waals surface area (Å²) < 4.78 is 22.6. The smallest absolute Gasteiger partial charge is 0.306 e. The molecule has 0 rings (SSSR count). The zero-order valence-corrected chi connectivity index (χ0v) is 47.0. The summed E-state index contributed by atoms with van der Waals surface area (Å²) in [7, 11) is 5.91. The molecule has 0 spiro atoms. The van der Waals surface area contributed by atoms with Gasteiger partial charge in [0.25, 0.3) is 0 Å². The van der Waals surface area contributed by atoms with Gasteiger partial charge in [0.15, 0.2) is 12.4 Å². The Balaban J connectivity index is 4.03. The van der Waals surface area contributed by atoms with Crippen molar-refractivity contribution in [3.63, 3.8) is 0 Å². The molecule has 9 nitrogen and oxygen atoms in total. The fourth-order valence-electron chi connectivity index (χ4n) is 7.93. The molecular formula is C63H109NO8. The van der Waals surface area contributed by atoms with Crippen LogP contribution >= 0.6 is 0 Å². The zero-order chi connectivity index (χ0) is 52.7. The first-order chi connectivity index (χ1) is 35.1. The van der Waals surface area contributed by atoms with Gasteiger partial charge in [-0.3, -0.25) is 9.59 Å². The number of rotatable bonds is 53. The van der Waals surface area contributed by atoms with Crippen molar-refractivity contribution in [3.05, 3.63) is 85.1 Å². The van der Waals surface area contributed by atoms with Crippen molar-refractivity contribution in [1.82, 2.24) is 0 Å². The third-order valence-electron chi connectivity index (χ3n) is 12.4. The van der Waals surface area contributed by atoms with Gasteiger partial charge in [-0.1, -0.05) is 240 Å². The lowest BCUT2D eigenvalue weighted by molar-refractivity contribution is -0.870. The molecule has 0 aliphatic carbocycles. The van der Waals surface area contributed by atoms with Crippen LogP contribution in [-0.2, 0) is 33.3 Å². The topological polar surface area (TPSA) is 111 Å². The number of carbonyl (C=O) groups excluding carboxylic acids is 3. The van der Waals surface area contributed by atoms with Crippen LogP contribution in [0.4, 0.5) is 0 Å². The summed E-state index contributed by atoms with van der Waals surface area (Å²) in [6.07, 6.45) is 68.0. The van der Waals surface area contributed by atoms with Gasteiger partial charge in [0.05, 0.1) is 40.3 Å². The van der Waals surface area contributed by atoms with Gasteiger partial charge in [0, 0.05) is 12.8 Å². The predicted octanol–water partition coefficient (Wildman–Crippen LogP) is 15.8. The van der Waals surface area contributed by atoms with E-state index in [-0.39, 0.29) is 32.2 Å². The van der Waals surface area contributed by atoms with Crippen LogP contribution in [0.5, 0.6) is 0 Å². The van der Waals surface area contributed by atoms with Crippen LogP contribution in [0.25, 0.3) is 0 Å². The highest BCUT2D eigenvalue weighted by molar-refractivity contribution is 5.70. The lowest BCUT2D eigenvalue weighted by Crippen LogP contribution is -2.44. The Kier molecular flexibility index (Phi) is 51.1. The molecule has 72 heavy (non-hydrogen) atoms. The molecule has 0 fully saturated rings. The number of quaternary nitrogens is 1. The van der Waals surface area contributed by atoms with E-state index >= 15 is 0 Å². The van der Waals surface area contributed by atoms with Gasteiger partial charge in [-0.05, 0) is 70.6 Å². The van der Waals surface area contributed by atoms with Gasteiger partial charge in [-0.15, -0.1) is 0 Å². The van der Waals surface area contributed by atoms with Crippen LogP contribution in [0.15, 0.2) is 85.1 Å². The average molecular weight is 1010 g/mol. The molecule has 0 amide bonds. The SMILES string of the molecule is CC/C=C\C/C=C\C/C=C\C/C=C\C/C=C\C/C=C\C/C=C\CCCCCCCCCCCCCCCCCC(=O)OC(COC(=O)CCCCCCCCCCCC)COC(OCC[N+](C)(C)C)C(=O)[O-]. The Hall–Kier alpha value is -3.53. The van der Waals surface area contributed by atoms with Crippen molar-refractivity contribution in [1.29, 1.82) is 0 Å². The minimum Gasteiger partial charge on any atom is -0.545 e. The van der Waals surface area contributed by atoms with Crippen LogP contribution in [-0.4, -0.2) is 82.3 Å². The molecule has 0 aromatic carbocycles. The summed E-state index contributed by atoms with van der Waals surface area (Å²) >= 11 is 0. The largest absolute Gasteiger partial charge is 0.545 e. The van der Waals surface area contributed by atoms with Crippen molar-refractivity contribution >= 4 is 17.9 Å². The number of nitrogens with zero attached hydrogens (tertiary/aromatic N) is 1. The van der Waals surface area contributed by atoms with E-state index in [1.165, 1.54) is 122 Å². The van der Waals surface area contributed by atoms with Crippen LogP contribution in [0.2, 0.25) is 0 Å². The number of carboxylic acid groups (broad SMARTS) is 1. The molecule has 0 N–H and O–H groups in total. The van der Waals surface area contributed by atoms with Gasteiger partial charge in [0.1, 0.15) is 13.2 Å². The van der Waals surface area contributed by atoms with Gasteiger partial charge < -0.3 is 33.3 Å². The highest BCUT2D eigenvalue weighted by atomic mass is 16.7. The lowest BCUT2D eigenvalue weighted by atomic mass is 10.0. The number of carbonyl (C=O) groups is 3. The highest BCUT2D eigenvalue weighted by Gasteiger charge is 2.22. The fourth-order valence-corrected chi connectivity index (χ4v) is 7.93. The van der Waals surface area contributed by atoms with Crippen LogP contribution in [0.1, 0.15) is 239 Å². The number of unbranched alkanes of at least 4 members (excludes halogenated alkanes) is 24. The number of allylic oxidation sites excluding steroid dienone is 14. The van der Waals surface area contributed by atoms with E-state index in [2.05, 4.69) is 98.9 Å². The molecule has 0 saturated heterocycles. The number of carboxylic acids is 1. The molecule has 414 valence electrons. The Morgan fingerprint density at radius 3 is 1.18 bits per heavy atom. The molecule has 0 radical (unpaired) electrons. The zero-order valence-electron chi connectivity index (χ0n) is 47.0. The Morgan fingerprint density at radius 1 is 0.431 bits per heavy atom. The number of hydrogen-bond donors (Lipinski definition) is 0. The molecule has 0 saturated carbocycles. The van der Waals surface area contributed by atoms with Crippen molar-refractivity contribution < 1.29 is 42.9 Å². The van der Waals surface area contributed by atoms with Gasteiger partial charge in [0.2, 0.25) is 0 Å². The first kappa shape index (κ1) is 68.5. The predicted molar refractivity (Wildman–Crippen MR) is 301 cm³/mol. The average Bonchev–Trinajstić information content (AvgIpc) is 3.35. The van der Waals surface area contributed by atoms with E-state index in [0.29, 0.717) is 23.9 Å². The number of ether oxygens (including phenoxy) is 4. The normalized spacial score (nSPS) is 13.4. The molecule has 0 aliphatic heterocycles. The minimum absolute atomic E-state index is 0.147. The third-order valence-corrected chi connectivity index (χ3v) is 12.4. The summed E-state index contributed by atoms with van der Waals surface area (Å²) in [5.74, 6) is -2.28. The van der Waals surface area contributed by atoms with E-state index in [1.54, 1.807) is 0 Å². The Morgan fingerprint density at radius 2 is 0.792 bits per heavy atom. The summed E-state index contributed by atoms with van der Waals surface area (Å²) in [6, 6.07) is 0. The third kappa shape index (κ3) is 54.2. The molecule has 0 aromatic heterocycles. The van der Waals surface area contributed by atoms with Crippen LogP contribution in [0, 0.1) is 0 Å². The van der Waals surface area contributed by atoms with E-state index in [9.17, 15) is 19.5 Å². The molecule has 0 aliphatic rings. The molecule has 0 heterocycles. The van der Waals surface area contributed by atoms with Gasteiger partial charge >= 0.3 is 11.9 Å². The van der Waals surface area contributed by atoms with E-state index in [1.807, 2.05) is 21.1 Å². The fraction of sp³-hybridized carbons (Fsp3) is 0.730. The maximum atomic E-state index is 12.8. The number of aliphatic carboxylic acids is 1. The standard InChI is InChI=1S/C63H109NO8/c1-6-8-10-12-14-16-18-19-20-21-22-23-24-25-26-27-28-29-30-31-32-33-34-35-36-37-38-39-40-41-42-43-44-46-48-50-52-54-61(66)72-59(58-71-63(62(67)68)69-56-55-64(3,4)5)57-70-60(65)53-51-49-47-45-17-15-13-11-9-7-2/h8,10,14,16,19-20,22-23,25-26,28-29,31-32,59,63H,6-7,9,11-13,15,17-18,21,24,27,30,33-58H2,1-5H3/b10-8-,16-14-,20-19-,23-22-,26-25-,29-28-,32-31-. The Labute approximate surface area is 442 Å². The van der Waals surface area contributed by atoms with Gasteiger partial charge in [-0.25, -0.2) is 0 Å². The number of likely N-dealkylation sites (N-methyl/N-ethyl adjacent to an activating group) is 1. The van der Waals surface area contributed by atoms with E-state index in [0.717, 1.165) is 83.5 Å². The van der Waals surface area contributed by atoms with Crippen molar-refractivity contribution in [3.8, 4) is 0 Å². The molecule has 9 heteroatoms. The maximum Gasteiger partial charge on any atom is 0.306 e. The highest BCUT2D eigenvalue weighted by Crippen LogP contribution is 2.16. The first-order valence-corrected chi connectivity index (χ1v) is 29.2. The summed E-state index contributed by atoms with van der Waals surface area (Å²) in [5, 5.41) is 11.7.